The summed E-state index contributed by atoms with van der Waals surface area (Å²) in [6.07, 6.45) is 0.835. The number of benzene rings is 1. The average molecular weight is 284 g/mol. The molecule has 2 rings (SSSR count). The summed E-state index contributed by atoms with van der Waals surface area (Å²) in [5.74, 6) is -0.808. The molecule has 1 saturated heterocycles. The summed E-state index contributed by atoms with van der Waals surface area (Å²) in [7, 11) is 0. The Morgan fingerprint density at radius 1 is 1.58 bits per heavy atom. The monoisotopic (exact) mass is 283 g/mol. The van der Waals surface area contributed by atoms with Crippen molar-refractivity contribution in [1.29, 1.82) is 0 Å². The second-order valence-corrected chi connectivity index (χ2v) is 5.42. The van der Waals surface area contributed by atoms with Crippen LogP contribution in [0, 0.1) is 6.92 Å². The lowest BCUT2D eigenvalue weighted by Gasteiger charge is -2.24. The highest BCUT2D eigenvalue weighted by molar-refractivity contribution is 6.31. The zero-order valence-corrected chi connectivity index (χ0v) is 11.6. The maximum atomic E-state index is 11.1. The number of halogens is 1. The van der Waals surface area contributed by atoms with Crippen molar-refractivity contribution in [1.82, 2.24) is 4.90 Å². The topological polar surface area (TPSA) is 60.8 Å². The smallest absolute Gasteiger partial charge is 0.320 e. The van der Waals surface area contributed by atoms with Crippen LogP contribution in [-0.4, -0.2) is 40.2 Å². The summed E-state index contributed by atoms with van der Waals surface area (Å²) in [5.41, 5.74) is 1.69. The minimum Gasteiger partial charge on any atom is -0.480 e. The molecule has 19 heavy (non-hydrogen) atoms. The summed E-state index contributed by atoms with van der Waals surface area (Å²) < 4.78 is 0. The number of β-amino-alcohol motifs (C(OH)–C–C–N with tert-alkyl or cyclic N) is 1. The van der Waals surface area contributed by atoms with Crippen LogP contribution < -0.4 is 0 Å². The first-order valence-electron chi connectivity index (χ1n) is 6.40. The van der Waals surface area contributed by atoms with Crippen molar-refractivity contribution in [2.45, 2.75) is 31.9 Å². The maximum absolute atomic E-state index is 11.1. The van der Waals surface area contributed by atoms with Gasteiger partial charge in [0.2, 0.25) is 0 Å². The van der Waals surface area contributed by atoms with Gasteiger partial charge in [-0.1, -0.05) is 23.7 Å². The van der Waals surface area contributed by atoms with Crippen molar-refractivity contribution in [3.05, 3.63) is 34.3 Å². The van der Waals surface area contributed by atoms with Gasteiger partial charge in [0.05, 0.1) is 6.10 Å². The van der Waals surface area contributed by atoms with Crippen LogP contribution in [0.3, 0.4) is 0 Å². The lowest BCUT2D eigenvalue weighted by atomic mass is 10.1. The van der Waals surface area contributed by atoms with Crippen LogP contribution in [-0.2, 0) is 4.79 Å². The summed E-state index contributed by atoms with van der Waals surface area (Å²) in [6.45, 7) is 2.95. The van der Waals surface area contributed by atoms with Crippen molar-refractivity contribution in [2.75, 3.05) is 13.1 Å². The summed E-state index contributed by atoms with van der Waals surface area (Å²) in [4.78, 5) is 12.9. The number of carboxylic acids is 1. The number of likely N-dealkylation sites (tertiary alicyclic amines) is 1. The Morgan fingerprint density at radius 2 is 2.32 bits per heavy atom. The van der Waals surface area contributed by atoms with Crippen LogP contribution in [0.5, 0.6) is 0 Å². The summed E-state index contributed by atoms with van der Waals surface area (Å²) in [5, 5.41) is 20.0. The highest BCUT2D eigenvalue weighted by atomic mass is 35.5. The van der Waals surface area contributed by atoms with Crippen LogP contribution in [0.15, 0.2) is 18.2 Å². The summed E-state index contributed by atoms with van der Waals surface area (Å²) >= 11 is 5.95. The molecule has 0 aliphatic carbocycles. The Morgan fingerprint density at radius 3 is 2.95 bits per heavy atom. The fourth-order valence-corrected chi connectivity index (χ4v) is 2.64. The Labute approximate surface area is 117 Å². The highest BCUT2D eigenvalue weighted by Crippen LogP contribution is 2.24. The molecule has 1 aromatic rings. The second kappa shape index (κ2) is 5.90. The zero-order valence-electron chi connectivity index (χ0n) is 10.8. The predicted octanol–water partition coefficient (Wildman–Crippen LogP) is 2.23. The quantitative estimate of drug-likeness (QED) is 0.890. The van der Waals surface area contributed by atoms with E-state index < -0.39 is 18.1 Å². The third-order valence-electron chi connectivity index (χ3n) is 3.62. The number of nitrogens with zero attached hydrogens (tertiary/aromatic N) is 1. The van der Waals surface area contributed by atoms with Gasteiger partial charge in [-0.3, -0.25) is 9.69 Å². The molecule has 2 N–H and O–H groups in total. The minimum absolute atomic E-state index is 0.345. The minimum atomic E-state index is -0.808. The molecule has 0 bridgehead atoms. The summed E-state index contributed by atoms with van der Waals surface area (Å²) in [6, 6.07) is 4.92. The average Bonchev–Trinajstić information content (AvgIpc) is 2.80. The van der Waals surface area contributed by atoms with Gasteiger partial charge in [0.25, 0.3) is 0 Å². The molecular formula is C14H18ClNO3. The first kappa shape index (κ1) is 14.3. The third-order valence-corrected chi connectivity index (χ3v) is 4.05. The van der Waals surface area contributed by atoms with Gasteiger partial charge in [-0.2, -0.15) is 0 Å². The third kappa shape index (κ3) is 3.26. The predicted molar refractivity (Wildman–Crippen MR) is 73.4 cm³/mol. The first-order chi connectivity index (χ1) is 8.99. The Bertz CT molecular complexity index is 478. The van der Waals surface area contributed by atoms with E-state index in [1.54, 1.807) is 12.1 Å². The van der Waals surface area contributed by atoms with Gasteiger partial charge in [-0.25, -0.2) is 0 Å². The molecule has 2 unspecified atom stereocenters. The molecule has 0 saturated carbocycles. The van der Waals surface area contributed by atoms with E-state index in [9.17, 15) is 9.90 Å². The number of carboxylic acid groups (broad SMARTS) is 1. The van der Waals surface area contributed by atoms with Crippen LogP contribution in [0.4, 0.5) is 0 Å². The molecule has 4 nitrogen and oxygen atoms in total. The molecule has 0 spiro atoms. The molecule has 1 aromatic carbocycles. The fraction of sp³-hybridized carbons (Fsp3) is 0.500. The van der Waals surface area contributed by atoms with E-state index >= 15 is 0 Å². The molecular weight excluding hydrogens is 266 g/mol. The molecule has 1 fully saturated rings. The number of aryl methyl sites for hydroxylation is 1. The van der Waals surface area contributed by atoms with Crippen molar-refractivity contribution >= 4 is 17.6 Å². The van der Waals surface area contributed by atoms with Gasteiger partial charge in [0.15, 0.2) is 0 Å². The van der Waals surface area contributed by atoms with E-state index in [4.69, 9.17) is 16.7 Å². The normalized spacial score (nSPS) is 21.5. The number of aliphatic carboxylic acids is 1. The molecule has 0 radical (unpaired) electrons. The Hall–Kier alpha value is -1.10. The molecule has 0 amide bonds. The van der Waals surface area contributed by atoms with E-state index in [1.807, 2.05) is 17.9 Å². The van der Waals surface area contributed by atoms with Gasteiger partial charge in [-0.15, -0.1) is 0 Å². The molecule has 104 valence electrons. The van der Waals surface area contributed by atoms with Gasteiger partial charge in [0, 0.05) is 11.6 Å². The van der Waals surface area contributed by atoms with Gasteiger partial charge in [0.1, 0.15) is 6.04 Å². The van der Waals surface area contributed by atoms with Gasteiger partial charge >= 0.3 is 5.97 Å². The lowest BCUT2D eigenvalue weighted by molar-refractivity contribution is -0.142. The first-order valence-corrected chi connectivity index (χ1v) is 6.78. The molecule has 1 heterocycles. The van der Waals surface area contributed by atoms with Crippen LogP contribution in [0.2, 0.25) is 5.02 Å². The Kier molecular flexibility index (Phi) is 4.45. The zero-order chi connectivity index (χ0) is 14.0. The molecule has 2 atom stereocenters. The van der Waals surface area contributed by atoms with Crippen LogP contribution >= 0.6 is 11.6 Å². The van der Waals surface area contributed by atoms with E-state index in [-0.39, 0.29) is 0 Å². The van der Waals surface area contributed by atoms with Crippen molar-refractivity contribution in [3.8, 4) is 0 Å². The standard InChI is InChI=1S/C14H18ClNO3/c1-9-7-10(4-5-11(9)15)13(17)8-16-6-2-3-12(16)14(18)19/h4-5,7,12-13,17H,2-3,6,8H2,1H3,(H,18,19). The number of carbonyl (C=O) groups is 1. The van der Waals surface area contributed by atoms with Crippen LogP contribution in [0.25, 0.3) is 0 Å². The highest BCUT2D eigenvalue weighted by Gasteiger charge is 2.31. The lowest BCUT2D eigenvalue weighted by Crippen LogP contribution is -2.38. The molecule has 5 heteroatoms. The number of hydrogen-bond donors (Lipinski definition) is 2. The molecule has 1 aliphatic rings. The number of aliphatic hydroxyl groups excluding tert-OH is 1. The Balaban J connectivity index is 2.06. The van der Waals surface area contributed by atoms with E-state index in [0.717, 1.165) is 24.1 Å². The van der Waals surface area contributed by atoms with Gasteiger partial charge < -0.3 is 10.2 Å². The maximum Gasteiger partial charge on any atom is 0.320 e. The second-order valence-electron chi connectivity index (χ2n) is 5.02. The fourth-order valence-electron chi connectivity index (χ4n) is 2.53. The largest absolute Gasteiger partial charge is 0.480 e. The van der Waals surface area contributed by atoms with E-state index in [0.29, 0.717) is 18.0 Å². The SMILES string of the molecule is Cc1cc(C(O)CN2CCCC2C(=O)O)ccc1Cl. The van der Waals surface area contributed by atoms with E-state index in [2.05, 4.69) is 0 Å². The molecule has 1 aliphatic heterocycles. The van der Waals surface area contributed by atoms with Gasteiger partial charge in [-0.05, 0) is 43.5 Å². The van der Waals surface area contributed by atoms with Crippen molar-refractivity contribution in [3.63, 3.8) is 0 Å². The molecule has 0 aromatic heterocycles. The van der Waals surface area contributed by atoms with Crippen molar-refractivity contribution in [2.24, 2.45) is 0 Å². The number of hydrogen-bond acceptors (Lipinski definition) is 3. The number of rotatable bonds is 4. The van der Waals surface area contributed by atoms with Crippen molar-refractivity contribution < 1.29 is 15.0 Å². The number of aliphatic hydroxyl groups is 1. The van der Waals surface area contributed by atoms with E-state index in [1.165, 1.54) is 0 Å². The van der Waals surface area contributed by atoms with Crippen LogP contribution in [0.1, 0.15) is 30.1 Å².